The Balaban J connectivity index is 1.47. The van der Waals surface area contributed by atoms with Crippen molar-refractivity contribution in [3.8, 4) is 33.4 Å². The minimum Gasteiger partial charge on any atom is -0.456 e. The lowest BCUT2D eigenvalue weighted by molar-refractivity contribution is 0.669. The topological polar surface area (TPSA) is 13.1 Å². The molecule has 0 atom stereocenters. The summed E-state index contributed by atoms with van der Waals surface area (Å²) in [4.78, 5) is 0. The molecule has 0 amide bonds. The fourth-order valence-electron chi connectivity index (χ4n) is 5.91. The van der Waals surface area contributed by atoms with Crippen LogP contribution in [0.4, 0.5) is 0 Å². The minimum absolute atomic E-state index is 0.194. The summed E-state index contributed by atoms with van der Waals surface area (Å²) < 4.78 is 48.5. The Morgan fingerprint density at radius 1 is 0.410 bits per heavy atom. The Morgan fingerprint density at radius 2 is 0.949 bits per heavy atom. The first-order valence-corrected chi connectivity index (χ1v) is 13.0. The first kappa shape index (κ1) is 17.4. The Bertz CT molecular complexity index is 2370. The third-order valence-corrected chi connectivity index (χ3v) is 7.56. The number of fused-ring (bicyclic) bond motifs is 5. The van der Waals surface area contributed by atoms with E-state index in [4.69, 9.17) is 11.3 Å². The minimum atomic E-state index is -0.400. The van der Waals surface area contributed by atoms with Crippen LogP contribution in [0, 0.1) is 0 Å². The predicted molar refractivity (Wildman–Crippen MR) is 165 cm³/mol. The maximum absolute atomic E-state index is 8.73. The lowest BCUT2D eigenvalue weighted by Crippen LogP contribution is -1.92. The van der Waals surface area contributed by atoms with Crippen molar-refractivity contribution < 1.29 is 11.3 Å². The Hall–Kier alpha value is -5.14. The van der Waals surface area contributed by atoms with Crippen molar-refractivity contribution in [2.45, 2.75) is 0 Å². The van der Waals surface area contributed by atoms with Crippen molar-refractivity contribution in [1.29, 1.82) is 0 Å². The van der Waals surface area contributed by atoms with Crippen LogP contribution in [0.2, 0.25) is 0 Å². The quantitative estimate of drug-likeness (QED) is 0.219. The monoisotopic (exact) mass is 501 g/mol. The second kappa shape index (κ2) is 8.72. The zero-order valence-corrected chi connectivity index (χ0v) is 20.9. The Morgan fingerprint density at radius 3 is 1.64 bits per heavy atom. The summed E-state index contributed by atoms with van der Waals surface area (Å²) in [5.74, 6) is 0. The Kier molecular flexibility index (Phi) is 3.89. The fraction of sp³-hybridized carbons (Fsp3) is 0. The molecule has 0 aliphatic carbocycles. The molecule has 0 aliphatic rings. The normalized spacial score (nSPS) is 13.4. The molecule has 0 aliphatic heterocycles. The van der Waals surface area contributed by atoms with Gasteiger partial charge in [-0.1, -0.05) is 127 Å². The number of hydrogen-bond acceptors (Lipinski definition) is 1. The van der Waals surface area contributed by atoms with E-state index in [0.717, 1.165) is 65.7 Å². The average Bonchev–Trinajstić information content (AvgIpc) is 3.43. The van der Waals surface area contributed by atoms with Crippen molar-refractivity contribution in [3.05, 3.63) is 145 Å². The maximum atomic E-state index is 8.73. The van der Waals surface area contributed by atoms with Crippen molar-refractivity contribution in [2.75, 3.05) is 0 Å². The lowest BCUT2D eigenvalue weighted by Gasteiger charge is -2.19. The summed E-state index contributed by atoms with van der Waals surface area (Å²) in [7, 11) is 0. The molecule has 0 unspecified atom stereocenters. The van der Waals surface area contributed by atoms with E-state index in [0.29, 0.717) is 5.56 Å². The molecule has 0 radical (unpaired) electrons. The highest BCUT2D eigenvalue weighted by Gasteiger charge is 2.19. The van der Waals surface area contributed by atoms with Gasteiger partial charge >= 0.3 is 0 Å². The van der Waals surface area contributed by atoms with Gasteiger partial charge in [0.1, 0.15) is 11.2 Å². The van der Waals surface area contributed by atoms with Gasteiger partial charge in [-0.25, -0.2) is 0 Å². The van der Waals surface area contributed by atoms with Crippen LogP contribution in [0.25, 0.3) is 76.9 Å². The summed E-state index contributed by atoms with van der Waals surface area (Å²) in [6.45, 7) is 0. The van der Waals surface area contributed by atoms with E-state index >= 15 is 0 Å². The largest absolute Gasteiger partial charge is 0.456 e. The highest BCUT2D eigenvalue weighted by molar-refractivity contribution is 6.23. The number of benzene rings is 7. The van der Waals surface area contributed by atoms with Gasteiger partial charge in [-0.3, -0.25) is 0 Å². The second-order valence-electron chi connectivity index (χ2n) is 9.70. The van der Waals surface area contributed by atoms with Crippen molar-refractivity contribution in [2.24, 2.45) is 0 Å². The average molecular weight is 502 g/mol. The molecule has 0 saturated heterocycles. The van der Waals surface area contributed by atoms with Gasteiger partial charge < -0.3 is 4.42 Å². The van der Waals surface area contributed by atoms with Crippen LogP contribution in [0.15, 0.2) is 150 Å². The van der Waals surface area contributed by atoms with Crippen LogP contribution < -0.4 is 0 Å². The van der Waals surface area contributed by atoms with Gasteiger partial charge in [-0.05, 0) is 73.1 Å². The zero-order valence-electron chi connectivity index (χ0n) is 25.9. The molecule has 0 bridgehead atoms. The van der Waals surface area contributed by atoms with Crippen LogP contribution in [-0.4, -0.2) is 0 Å². The van der Waals surface area contributed by atoms with E-state index in [1.54, 1.807) is 0 Å². The van der Waals surface area contributed by atoms with Crippen LogP contribution in [0.1, 0.15) is 6.85 Å². The molecule has 8 aromatic rings. The second-order valence-corrected chi connectivity index (χ2v) is 9.70. The molecular weight excluding hydrogens is 472 g/mol. The first-order valence-electron chi connectivity index (χ1n) is 15.5. The van der Waals surface area contributed by atoms with E-state index in [1.807, 2.05) is 66.7 Å². The smallest absolute Gasteiger partial charge is 0.136 e. The first-order chi connectivity index (χ1) is 21.4. The van der Waals surface area contributed by atoms with Crippen LogP contribution in [0.3, 0.4) is 0 Å². The van der Waals surface area contributed by atoms with Gasteiger partial charge in [0.2, 0.25) is 0 Å². The number of rotatable bonds is 3. The molecule has 1 heterocycles. The van der Waals surface area contributed by atoms with Crippen LogP contribution in [0.5, 0.6) is 0 Å². The predicted octanol–water partition coefficient (Wildman–Crippen LogP) is 10.9. The molecular formula is C38H24O. The summed E-state index contributed by atoms with van der Waals surface area (Å²) in [5.41, 5.74) is 6.35. The summed E-state index contributed by atoms with van der Waals surface area (Å²) in [6, 6.07) is 37.1. The summed E-state index contributed by atoms with van der Waals surface area (Å²) in [6.07, 6.45) is 0. The van der Waals surface area contributed by atoms with Crippen molar-refractivity contribution in [3.63, 3.8) is 0 Å². The number of hydrogen-bond donors (Lipinski definition) is 0. The van der Waals surface area contributed by atoms with Gasteiger partial charge in [0, 0.05) is 10.8 Å². The third kappa shape index (κ3) is 3.41. The molecule has 0 N–H and O–H groups in total. The van der Waals surface area contributed by atoms with Crippen LogP contribution in [-0.2, 0) is 0 Å². The maximum Gasteiger partial charge on any atom is 0.136 e. The molecule has 0 spiro atoms. The summed E-state index contributed by atoms with van der Waals surface area (Å²) in [5, 5.41) is 6.27. The summed E-state index contributed by atoms with van der Waals surface area (Å²) >= 11 is 0. The highest BCUT2D eigenvalue weighted by atomic mass is 16.3. The molecule has 8 rings (SSSR count). The van der Waals surface area contributed by atoms with Gasteiger partial charge in [-0.15, -0.1) is 0 Å². The van der Waals surface area contributed by atoms with Crippen LogP contribution >= 0.6 is 0 Å². The lowest BCUT2D eigenvalue weighted by atomic mass is 9.84. The van der Waals surface area contributed by atoms with Gasteiger partial charge in [-0.2, -0.15) is 0 Å². The van der Waals surface area contributed by atoms with E-state index in [-0.39, 0.29) is 29.7 Å². The van der Waals surface area contributed by atoms with Crippen molar-refractivity contribution in [1.82, 2.24) is 0 Å². The van der Waals surface area contributed by atoms with E-state index in [9.17, 15) is 0 Å². The van der Waals surface area contributed by atoms with E-state index in [2.05, 4.69) is 48.5 Å². The Labute approximate surface area is 233 Å². The van der Waals surface area contributed by atoms with Crippen molar-refractivity contribution >= 4 is 43.5 Å². The molecule has 1 aromatic heterocycles. The highest BCUT2D eigenvalue weighted by Crippen LogP contribution is 2.46. The van der Waals surface area contributed by atoms with Gasteiger partial charge in [0.25, 0.3) is 0 Å². The van der Waals surface area contributed by atoms with E-state index in [1.165, 1.54) is 0 Å². The zero-order chi connectivity index (χ0) is 30.1. The molecule has 7 aromatic carbocycles. The number of para-hydroxylation sites is 1. The van der Waals surface area contributed by atoms with Gasteiger partial charge in [0.05, 0.1) is 6.85 Å². The molecule has 182 valence electrons. The number of furan rings is 1. The molecule has 1 heteroatoms. The fourth-order valence-corrected chi connectivity index (χ4v) is 5.91. The standard InChI is InChI=1S/C38H24O/c1-2-12-25(13-3-1)27-14-4-5-16-30(27)38-33-19-8-6-17-31(33)37(32-18-7-9-20-34(32)38)26-22-23-29-28-15-10-11-21-35(28)39-36(29)24-26/h1-24H/i1D,2D,3D,12D,13D. The molecule has 39 heavy (non-hydrogen) atoms. The SMILES string of the molecule is [2H]c1c([2H])c([2H])c(-c2ccccc2-c2c3ccccc3c(-c3ccc4c(c3)oc3ccccc34)c3ccccc23)c([2H])c1[2H]. The third-order valence-electron chi connectivity index (χ3n) is 7.56. The van der Waals surface area contributed by atoms with Gasteiger partial charge in [0.15, 0.2) is 0 Å². The molecule has 0 saturated carbocycles. The molecule has 0 fully saturated rings. The molecule has 1 nitrogen and oxygen atoms in total. The van der Waals surface area contributed by atoms with E-state index < -0.39 is 6.04 Å².